The SMILES string of the molecule is O=C(NCC1CCCN1)C1CCCN1C(=O)Cc1ccccc1. The van der Waals surface area contributed by atoms with E-state index in [9.17, 15) is 9.59 Å². The molecule has 2 unspecified atom stereocenters. The maximum absolute atomic E-state index is 12.5. The Morgan fingerprint density at radius 3 is 2.74 bits per heavy atom. The first kappa shape index (κ1) is 16.0. The average molecular weight is 315 g/mol. The lowest BCUT2D eigenvalue weighted by atomic mass is 10.1. The standard InChI is InChI=1S/C18H25N3O2/c22-17(12-14-6-2-1-3-7-14)21-11-5-9-16(21)18(23)20-13-15-8-4-10-19-15/h1-3,6-7,15-16,19H,4-5,8-13H2,(H,20,23). The molecule has 2 saturated heterocycles. The van der Waals surface area contributed by atoms with E-state index < -0.39 is 0 Å². The molecule has 5 heteroatoms. The van der Waals surface area contributed by atoms with Gasteiger partial charge < -0.3 is 15.5 Å². The summed E-state index contributed by atoms with van der Waals surface area (Å²) in [5.41, 5.74) is 0.999. The second kappa shape index (κ2) is 7.59. The number of nitrogens with one attached hydrogen (secondary N) is 2. The topological polar surface area (TPSA) is 61.4 Å². The van der Waals surface area contributed by atoms with Crippen LogP contribution >= 0.6 is 0 Å². The third-order valence-corrected chi connectivity index (χ3v) is 4.76. The summed E-state index contributed by atoms with van der Waals surface area (Å²) in [5.74, 6) is 0.0467. The zero-order valence-corrected chi connectivity index (χ0v) is 13.5. The van der Waals surface area contributed by atoms with Gasteiger partial charge in [-0.05, 0) is 37.8 Å². The van der Waals surface area contributed by atoms with Crippen LogP contribution in [-0.4, -0.2) is 48.4 Å². The van der Waals surface area contributed by atoms with Crippen molar-refractivity contribution >= 4 is 11.8 Å². The Morgan fingerprint density at radius 2 is 2.00 bits per heavy atom. The lowest BCUT2D eigenvalue weighted by molar-refractivity contribution is -0.138. The normalized spacial score (nSPS) is 23.9. The van der Waals surface area contributed by atoms with E-state index in [1.54, 1.807) is 4.90 Å². The third-order valence-electron chi connectivity index (χ3n) is 4.76. The van der Waals surface area contributed by atoms with Crippen molar-refractivity contribution in [2.24, 2.45) is 0 Å². The largest absolute Gasteiger partial charge is 0.353 e. The van der Waals surface area contributed by atoms with E-state index in [4.69, 9.17) is 0 Å². The molecule has 0 spiro atoms. The lowest BCUT2D eigenvalue weighted by Crippen LogP contribution is -2.48. The molecule has 23 heavy (non-hydrogen) atoms. The highest BCUT2D eigenvalue weighted by molar-refractivity contribution is 5.89. The number of hydrogen-bond acceptors (Lipinski definition) is 3. The Balaban J connectivity index is 1.53. The molecule has 2 atom stereocenters. The molecular formula is C18H25N3O2. The molecule has 1 aromatic carbocycles. The van der Waals surface area contributed by atoms with Gasteiger partial charge in [0.15, 0.2) is 0 Å². The molecule has 0 aliphatic carbocycles. The molecule has 2 aliphatic rings. The van der Waals surface area contributed by atoms with Gasteiger partial charge in [-0.25, -0.2) is 0 Å². The van der Waals surface area contributed by atoms with Gasteiger partial charge in [0.05, 0.1) is 6.42 Å². The van der Waals surface area contributed by atoms with E-state index in [0.717, 1.165) is 31.4 Å². The van der Waals surface area contributed by atoms with Crippen LogP contribution in [0.4, 0.5) is 0 Å². The smallest absolute Gasteiger partial charge is 0.242 e. The number of rotatable bonds is 5. The van der Waals surface area contributed by atoms with Crippen LogP contribution in [0.3, 0.4) is 0 Å². The molecule has 2 heterocycles. The first-order valence-electron chi connectivity index (χ1n) is 8.58. The Kier molecular flexibility index (Phi) is 5.28. The second-order valence-electron chi connectivity index (χ2n) is 6.45. The molecule has 0 saturated carbocycles. The van der Waals surface area contributed by atoms with Gasteiger partial charge in [0, 0.05) is 19.1 Å². The summed E-state index contributed by atoms with van der Waals surface area (Å²) in [4.78, 5) is 26.7. The van der Waals surface area contributed by atoms with Gasteiger partial charge >= 0.3 is 0 Å². The van der Waals surface area contributed by atoms with Crippen molar-refractivity contribution in [1.29, 1.82) is 0 Å². The molecule has 2 aliphatic heterocycles. The molecule has 0 aromatic heterocycles. The minimum absolute atomic E-state index is 0.00221. The van der Waals surface area contributed by atoms with Gasteiger partial charge in [0.2, 0.25) is 11.8 Å². The number of nitrogens with zero attached hydrogens (tertiary/aromatic N) is 1. The summed E-state index contributed by atoms with van der Waals surface area (Å²) in [6.07, 6.45) is 4.33. The van der Waals surface area contributed by atoms with E-state index in [1.165, 1.54) is 6.42 Å². The summed E-state index contributed by atoms with van der Waals surface area (Å²) in [6.45, 7) is 2.38. The predicted octanol–water partition coefficient (Wildman–Crippen LogP) is 1.09. The van der Waals surface area contributed by atoms with Crippen molar-refractivity contribution in [3.63, 3.8) is 0 Å². The maximum atomic E-state index is 12.5. The minimum atomic E-state index is -0.299. The van der Waals surface area contributed by atoms with Crippen LogP contribution in [-0.2, 0) is 16.0 Å². The molecular weight excluding hydrogens is 290 g/mol. The van der Waals surface area contributed by atoms with E-state index in [0.29, 0.717) is 25.6 Å². The Morgan fingerprint density at radius 1 is 1.17 bits per heavy atom. The van der Waals surface area contributed by atoms with E-state index in [1.807, 2.05) is 30.3 Å². The Bertz CT molecular complexity index is 540. The summed E-state index contributed by atoms with van der Waals surface area (Å²) in [5, 5.41) is 6.39. The Hall–Kier alpha value is -1.88. The van der Waals surface area contributed by atoms with Gasteiger partial charge in [-0.2, -0.15) is 0 Å². The van der Waals surface area contributed by atoms with Crippen molar-refractivity contribution in [3.8, 4) is 0 Å². The van der Waals surface area contributed by atoms with Crippen molar-refractivity contribution in [2.45, 2.75) is 44.2 Å². The van der Waals surface area contributed by atoms with Crippen LogP contribution in [0.5, 0.6) is 0 Å². The van der Waals surface area contributed by atoms with E-state index in [2.05, 4.69) is 10.6 Å². The minimum Gasteiger partial charge on any atom is -0.353 e. The van der Waals surface area contributed by atoms with Gasteiger partial charge in [0.25, 0.3) is 0 Å². The zero-order chi connectivity index (χ0) is 16.1. The van der Waals surface area contributed by atoms with Crippen LogP contribution in [0, 0.1) is 0 Å². The van der Waals surface area contributed by atoms with Gasteiger partial charge in [-0.3, -0.25) is 9.59 Å². The monoisotopic (exact) mass is 315 g/mol. The molecule has 3 rings (SSSR count). The molecule has 0 bridgehead atoms. The fourth-order valence-corrected chi connectivity index (χ4v) is 3.48. The van der Waals surface area contributed by atoms with Crippen LogP contribution < -0.4 is 10.6 Å². The number of carbonyl (C=O) groups is 2. The number of likely N-dealkylation sites (tertiary alicyclic amines) is 1. The lowest BCUT2D eigenvalue weighted by Gasteiger charge is -2.24. The predicted molar refractivity (Wildman–Crippen MR) is 88.9 cm³/mol. The third kappa shape index (κ3) is 4.10. The van der Waals surface area contributed by atoms with Crippen LogP contribution in [0.15, 0.2) is 30.3 Å². The van der Waals surface area contributed by atoms with Gasteiger partial charge in [-0.1, -0.05) is 30.3 Å². The van der Waals surface area contributed by atoms with Crippen LogP contribution in [0.2, 0.25) is 0 Å². The molecule has 2 fully saturated rings. The fraction of sp³-hybridized carbons (Fsp3) is 0.556. The molecule has 0 radical (unpaired) electrons. The molecule has 2 amide bonds. The Labute approximate surface area is 137 Å². The van der Waals surface area contributed by atoms with Crippen molar-refractivity contribution < 1.29 is 9.59 Å². The maximum Gasteiger partial charge on any atom is 0.242 e. The van der Waals surface area contributed by atoms with Crippen molar-refractivity contribution in [3.05, 3.63) is 35.9 Å². The molecule has 124 valence electrons. The second-order valence-corrected chi connectivity index (χ2v) is 6.45. The van der Waals surface area contributed by atoms with E-state index >= 15 is 0 Å². The first-order chi connectivity index (χ1) is 11.2. The first-order valence-corrected chi connectivity index (χ1v) is 8.58. The van der Waals surface area contributed by atoms with Crippen LogP contribution in [0.1, 0.15) is 31.2 Å². The average Bonchev–Trinajstić information content (AvgIpc) is 3.25. The zero-order valence-electron chi connectivity index (χ0n) is 13.5. The van der Waals surface area contributed by atoms with Crippen molar-refractivity contribution in [1.82, 2.24) is 15.5 Å². The van der Waals surface area contributed by atoms with Crippen LogP contribution in [0.25, 0.3) is 0 Å². The summed E-state index contributed by atoms with van der Waals surface area (Å²) >= 11 is 0. The number of amides is 2. The number of carbonyl (C=O) groups excluding carboxylic acids is 2. The van der Waals surface area contributed by atoms with Gasteiger partial charge in [-0.15, -0.1) is 0 Å². The highest BCUT2D eigenvalue weighted by Gasteiger charge is 2.34. The highest BCUT2D eigenvalue weighted by Crippen LogP contribution is 2.19. The number of benzene rings is 1. The summed E-state index contributed by atoms with van der Waals surface area (Å²) in [7, 11) is 0. The van der Waals surface area contributed by atoms with E-state index in [-0.39, 0.29) is 17.9 Å². The summed E-state index contributed by atoms with van der Waals surface area (Å²) in [6, 6.07) is 9.80. The van der Waals surface area contributed by atoms with Gasteiger partial charge in [0.1, 0.15) is 6.04 Å². The molecule has 2 N–H and O–H groups in total. The quantitative estimate of drug-likeness (QED) is 0.855. The fourth-order valence-electron chi connectivity index (χ4n) is 3.48. The highest BCUT2D eigenvalue weighted by atomic mass is 16.2. The molecule has 5 nitrogen and oxygen atoms in total. The summed E-state index contributed by atoms with van der Waals surface area (Å²) < 4.78 is 0. The molecule has 1 aromatic rings. The number of hydrogen-bond donors (Lipinski definition) is 2. The van der Waals surface area contributed by atoms with Crippen molar-refractivity contribution in [2.75, 3.05) is 19.6 Å².